The molecule has 2 rings (SSSR count). The number of nitrogens with zero attached hydrogens (tertiary/aromatic N) is 1. The maximum atomic E-state index is 12.9. The molecule has 2 nitrogen and oxygen atoms in total. The Hall–Kier alpha value is -1.83. The monoisotopic (exact) mass is 300 g/mol. The fraction of sp³-hybridized carbons (Fsp3) is 0.235. The zero-order chi connectivity index (χ0) is 15.1. The Bertz CT molecular complexity index is 607. The third kappa shape index (κ3) is 3.84. The molecule has 0 aromatic heterocycles. The van der Waals surface area contributed by atoms with E-state index in [1.54, 1.807) is 23.9 Å². The standard InChI is InChI=1S/C17H17FN2S/c1-2-20-17(12-19,14-6-4-3-5-7-14)13-21-16-10-8-15(18)9-11-16/h3-11,20H,2,13H2,1H3. The molecule has 0 amide bonds. The van der Waals surface area contributed by atoms with Gasteiger partial charge in [-0.2, -0.15) is 5.26 Å². The van der Waals surface area contributed by atoms with Crippen molar-refractivity contribution in [1.82, 2.24) is 5.32 Å². The third-order valence-electron chi connectivity index (χ3n) is 3.20. The summed E-state index contributed by atoms with van der Waals surface area (Å²) in [5, 5.41) is 13.0. The minimum Gasteiger partial charge on any atom is -0.295 e. The molecule has 0 bridgehead atoms. The van der Waals surface area contributed by atoms with Crippen LogP contribution in [0.25, 0.3) is 0 Å². The summed E-state index contributed by atoms with van der Waals surface area (Å²) in [6, 6.07) is 18.5. The van der Waals surface area contributed by atoms with E-state index >= 15 is 0 Å². The van der Waals surface area contributed by atoms with E-state index in [2.05, 4.69) is 11.4 Å². The molecule has 0 radical (unpaired) electrons. The summed E-state index contributed by atoms with van der Waals surface area (Å²) in [6.45, 7) is 2.68. The second-order valence-electron chi connectivity index (χ2n) is 4.66. The molecular formula is C17H17FN2S. The van der Waals surface area contributed by atoms with Crippen molar-refractivity contribution >= 4 is 11.8 Å². The Balaban J connectivity index is 2.21. The van der Waals surface area contributed by atoms with Crippen molar-refractivity contribution in [3.05, 3.63) is 66.0 Å². The molecule has 1 N–H and O–H groups in total. The van der Waals surface area contributed by atoms with Crippen LogP contribution in [0.2, 0.25) is 0 Å². The molecule has 0 saturated carbocycles. The minimum absolute atomic E-state index is 0.249. The number of thioether (sulfide) groups is 1. The molecule has 0 aliphatic rings. The zero-order valence-corrected chi connectivity index (χ0v) is 12.7. The fourth-order valence-corrected chi connectivity index (χ4v) is 3.16. The lowest BCUT2D eigenvalue weighted by Crippen LogP contribution is -2.43. The van der Waals surface area contributed by atoms with Crippen LogP contribution in [0.4, 0.5) is 4.39 Å². The lowest BCUT2D eigenvalue weighted by Gasteiger charge is -2.27. The van der Waals surface area contributed by atoms with Gasteiger partial charge in [0.15, 0.2) is 0 Å². The van der Waals surface area contributed by atoms with Gasteiger partial charge in [0.05, 0.1) is 6.07 Å². The summed E-state index contributed by atoms with van der Waals surface area (Å²) in [4.78, 5) is 0.949. The Kier molecular flexibility index (Phi) is 5.38. The Labute approximate surface area is 129 Å². The molecule has 0 heterocycles. The van der Waals surface area contributed by atoms with Gasteiger partial charge >= 0.3 is 0 Å². The van der Waals surface area contributed by atoms with Gasteiger partial charge in [0.25, 0.3) is 0 Å². The SMILES string of the molecule is CCNC(C#N)(CSc1ccc(F)cc1)c1ccccc1. The molecule has 0 aliphatic carbocycles. The summed E-state index contributed by atoms with van der Waals surface area (Å²) in [7, 11) is 0. The Morgan fingerprint density at radius 3 is 2.38 bits per heavy atom. The predicted molar refractivity (Wildman–Crippen MR) is 84.5 cm³/mol. The van der Waals surface area contributed by atoms with Gasteiger partial charge in [-0.05, 0) is 36.4 Å². The highest BCUT2D eigenvalue weighted by atomic mass is 32.2. The van der Waals surface area contributed by atoms with Crippen LogP contribution >= 0.6 is 11.8 Å². The van der Waals surface area contributed by atoms with Crippen molar-refractivity contribution in [3.63, 3.8) is 0 Å². The van der Waals surface area contributed by atoms with E-state index in [0.29, 0.717) is 12.3 Å². The molecule has 0 fully saturated rings. The highest BCUT2D eigenvalue weighted by molar-refractivity contribution is 7.99. The highest BCUT2D eigenvalue weighted by Gasteiger charge is 2.31. The highest BCUT2D eigenvalue weighted by Crippen LogP contribution is 2.29. The number of nitrogens with one attached hydrogen (secondary N) is 1. The van der Waals surface area contributed by atoms with E-state index in [-0.39, 0.29) is 5.82 Å². The van der Waals surface area contributed by atoms with Gasteiger partial charge in [-0.1, -0.05) is 37.3 Å². The van der Waals surface area contributed by atoms with Crippen LogP contribution in [0.15, 0.2) is 59.5 Å². The van der Waals surface area contributed by atoms with E-state index < -0.39 is 5.54 Å². The van der Waals surface area contributed by atoms with Crippen LogP contribution in [0.5, 0.6) is 0 Å². The normalized spacial score (nSPS) is 13.4. The largest absolute Gasteiger partial charge is 0.295 e. The summed E-state index contributed by atoms with van der Waals surface area (Å²) >= 11 is 1.54. The van der Waals surface area contributed by atoms with Gasteiger partial charge in [-0.25, -0.2) is 4.39 Å². The summed E-state index contributed by atoms with van der Waals surface area (Å²) in [5.74, 6) is 0.313. The van der Waals surface area contributed by atoms with Gasteiger partial charge in [0.1, 0.15) is 11.4 Å². The number of hydrogen-bond acceptors (Lipinski definition) is 3. The van der Waals surface area contributed by atoms with E-state index in [1.807, 2.05) is 37.3 Å². The van der Waals surface area contributed by atoms with Crippen LogP contribution in [-0.2, 0) is 5.54 Å². The summed E-state index contributed by atoms with van der Waals surface area (Å²) < 4.78 is 12.9. The quantitative estimate of drug-likeness (QED) is 0.821. The molecule has 1 unspecified atom stereocenters. The molecule has 108 valence electrons. The number of benzene rings is 2. The lowest BCUT2D eigenvalue weighted by atomic mass is 9.93. The van der Waals surface area contributed by atoms with Crippen molar-refractivity contribution in [3.8, 4) is 6.07 Å². The molecule has 0 spiro atoms. The van der Waals surface area contributed by atoms with Crippen molar-refractivity contribution < 1.29 is 4.39 Å². The molecule has 1 atom stereocenters. The van der Waals surface area contributed by atoms with Crippen molar-refractivity contribution in [1.29, 1.82) is 5.26 Å². The van der Waals surface area contributed by atoms with Gasteiger partial charge in [-0.3, -0.25) is 5.32 Å². The summed E-state index contributed by atoms with van der Waals surface area (Å²) in [5.41, 5.74) is 0.207. The molecule has 2 aromatic rings. The van der Waals surface area contributed by atoms with Gasteiger partial charge in [0, 0.05) is 10.6 Å². The number of rotatable bonds is 6. The number of halogens is 1. The molecular weight excluding hydrogens is 283 g/mol. The Morgan fingerprint density at radius 1 is 1.14 bits per heavy atom. The topological polar surface area (TPSA) is 35.8 Å². The average molecular weight is 300 g/mol. The smallest absolute Gasteiger partial charge is 0.141 e. The molecule has 21 heavy (non-hydrogen) atoms. The third-order valence-corrected chi connectivity index (χ3v) is 4.39. The maximum absolute atomic E-state index is 12.9. The van der Waals surface area contributed by atoms with Crippen molar-refractivity contribution in [2.45, 2.75) is 17.4 Å². The second kappa shape index (κ2) is 7.26. The van der Waals surface area contributed by atoms with Crippen LogP contribution in [0.1, 0.15) is 12.5 Å². The Morgan fingerprint density at radius 2 is 1.81 bits per heavy atom. The van der Waals surface area contributed by atoms with Crippen LogP contribution in [0, 0.1) is 17.1 Å². The van der Waals surface area contributed by atoms with Gasteiger partial charge in [-0.15, -0.1) is 11.8 Å². The van der Waals surface area contributed by atoms with Crippen molar-refractivity contribution in [2.24, 2.45) is 0 Å². The average Bonchev–Trinajstić information content (AvgIpc) is 2.54. The minimum atomic E-state index is -0.741. The zero-order valence-electron chi connectivity index (χ0n) is 11.8. The van der Waals surface area contributed by atoms with Crippen LogP contribution in [0.3, 0.4) is 0 Å². The molecule has 0 saturated heterocycles. The van der Waals surface area contributed by atoms with Gasteiger partial charge in [0.2, 0.25) is 0 Å². The molecule has 2 aromatic carbocycles. The lowest BCUT2D eigenvalue weighted by molar-refractivity contribution is 0.490. The summed E-state index contributed by atoms with van der Waals surface area (Å²) in [6.07, 6.45) is 0. The molecule has 4 heteroatoms. The maximum Gasteiger partial charge on any atom is 0.141 e. The van der Waals surface area contributed by atoms with E-state index in [1.165, 1.54) is 12.1 Å². The van der Waals surface area contributed by atoms with Crippen molar-refractivity contribution in [2.75, 3.05) is 12.3 Å². The van der Waals surface area contributed by atoms with E-state index in [9.17, 15) is 9.65 Å². The first-order valence-electron chi connectivity index (χ1n) is 6.80. The van der Waals surface area contributed by atoms with E-state index in [0.717, 1.165) is 10.5 Å². The first-order chi connectivity index (χ1) is 10.2. The van der Waals surface area contributed by atoms with Gasteiger partial charge < -0.3 is 0 Å². The number of nitriles is 1. The predicted octanol–water partition coefficient (Wildman–Crippen LogP) is 3.95. The van der Waals surface area contributed by atoms with Crippen LogP contribution in [-0.4, -0.2) is 12.3 Å². The first-order valence-corrected chi connectivity index (χ1v) is 7.79. The van der Waals surface area contributed by atoms with E-state index in [4.69, 9.17) is 0 Å². The first kappa shape index (κ1) is 15.6. The second-order valence-corrected chi connectivity index (χ2v) is 5.70. The number of hydrogen-bond donors (Lipinski definition) is 1. The molecule has 0 aliphatic heterocycles. The van der Waals surface area contributed by atoms with Crippen LogP contribution < -0.4 is 5.32 Å². The fourth-order valence-electron chi connectivity index (χ4n) is 2.12.